The van der Waals surface area contributed by atoms with Gasteiger partial charge in [-0.3, -0.25) is 0 Å². The van der Waals surface area contributed by atoms with Gasteiger partial charge in [0.2, 0.25) is 12.7 Å². The summed E-state index contributed by atoms with van der Waals surface area (Å²) >= 11 is 0. The molecule has 2 aromatic carbocycles. The van der Waals surface area contributed by atoms with Crippen molar-refractivity contribution in [3.63, 3.8) is 0 Å². The molecule has 2 heterocycles. The van der Waals surface area contributed by atoms with Gasteiger partial charge in [-0.1, -0.05) is 18.9 Å². The Bertz CT molecular complexity index is 954. The lowest BCUT2D eigenvalue weighted by molar-refractivity contribution is 0.174. The molecule has 0 saturated heterocycles. The Morgan fingerprint density at radius 1 is 1.00 bits per heavy atom. The molecule has 1 fully saturated rings. The molecule has 3 aromatic rings. The van der Waals surface area contributed by atoms with E-state index in [4.69, 9.17) is 9.47 Å². The number of hydrogen-bond acceptors (Lipinski definition) is 6. The molecule has 1 saturated carbocycles. The second kappa shape index (κ2) is 6.37. The third kappa shape index (κ3) is 2.87. The smallest absolute Gasteiger partial charge is 0.231 e. The minimum atomic E-state index is 0.266. The molecular weight excluding hydrogens is 328 g/mol. The molecule has 1 aromatic heterocycles. The van der Waals surface area contributed by atoms with E-state index in [1.807, 2.05) is 36.5 Å². The molecular formula is C20H20N4O2. The lowest BCUT2D eigenvalue weighted by atomic mass is 10.1. The normalized spacial score (nSPS) is 16.2. The highest BCUT2D eigenvalue weighted by Gasteiger charge is 2.16. The van der Waals surface area contributed by atoms with Crippen LogP contribution in [0.4, 0.5) is 17.3 Å². The molecule has 2 aliphatic rings. The maximum absolute atomic E-state index is 5.41. The van der Waals surface area contributed by atoms with Gasteiger partial charge in [0.15, 0.2) is 11.5 Å². The van der Waals surface area contributed by atoms with Crippen LogP contribution in [0.25, 0.3) is 10.9 Å². The van der Waals surface area contributed by atoms with E-state index < -0.39 is 0 Å². The van der Waals surface area contributed by atoms with Gasteiger partial charge in [-0.05, 0) is 37.1 Å². The summed E-state index contributed by atoms with van der Waals surface area (Å²) in [5.74, 6) is 2.06. The molecule has 0 atom stereocenters. The molecule has 0 amide bonds. The van der Waals surface area contributed by atoms with E-state index in [1.54, 1.807) is 0 Å². The summed E-state index contributed by atoms with van der Waals surface area (Å²) < 4.78 is 10.8. The Labute approximate surface area is 151 Å². The Hall–Kier alpha value is -3.02. The molecule has 1 aliphatic carbocycles. The molecule has 2 N–H and O–H groups in total. The van der Waals surface area contributed by atoms with Crippen LogP contribution in [-0.4, -0.2) is 22.8 Å². The second-order valence-electron chi connectivity index (χ2n) is 6.75. The SMILES string of the molecule is c1cc(NC2CCCC2)c2cnc(Nc3ccc4c(c3)OCO4)nc2c1. The molecule has 0 radical (unpaired) electrons. The monoisotopic (exact) mass is 348 g/mol. The van der Waals surface area contributed by atoms with Crippen molar-refractivity contribution >= 4 is 28.2 Å². The Morgan fingerprint density at radius 3 is 2.81 bits per heavy atom. The fourth-order valence-electron chi connectivity index (χ4n) is 3.63. The van der Waals surface area contributed by atoms with Crippen molar-refractivity contribution in [1.29, 1.82) is 0 Å². The van der Waals surface area contributed by atoms with Gasteiger partial charge in [0.1, 0.15) is 0 Å². The number of nitrogens with one attached hydrogen (secondary N) is 2. The number of rotatable bonds is 4. The molecule has 26 heavy (non-hydrogen) atoms. The van der Waals surface area contributed by atoms with E-state index in [0.29, 0.717) is 12.0 Å². The molecule has 6 heteroatoms. The van der Waals surface area contributed by atoms with Crippen molar-refractivity contribution in [2.75, 3.05) is 17.4 Å². The standard InChI is InChI=1S/C20H20N4O2/c1-2-5-13(4-1)22-16-6-3-7-17-15(16)11-21-20(24-17)23-14-8-9-18-19(10-14)26-12-25-18/h3,6-11,13,22H,1-2,4-5,12H2,(H,21,23,24). The summed E-state index contributed by atoms with van der Waals surface area (Å²) in [5, 5.41) is 7.94. The molecule has 0 spiro atoms. The molecule has 6 nitrogen and oxygen atoms in total. The number of aromatic nitrogens is 2. The van der Waals surface area contributed by atoms with E-state index >= 15 is 0 Å². The zero-order chi connectivity index (χ0) is 17.3. The minimum absolute atomic E-state index is 0.266. The van der Waals surface area contributed by atoms with Crippen LogP contribution in [-0.2, 0) is 0 Å². The first-order valence-corrected chi connectivity index (χ1v) is 9.04. The highest BCUT2D eigenvalue weighted by molar-refractivity contribution is 5.91. The van der Waals surface area contributed by atoms with Gasteiger partial charge in [-0.15, -0.1) is 0 Å². The number of nitrogens with zero attached hydrogens (tertiary/aromatic N) is 2. The first kappa shape index (κ1) is 15.3. The Morgan fingerprint density at radius 2 is 1.88 bits per heavy atom. The van der Waals surface area contributed by atoms with Crippen LogP contribution >= 0.6 is 0 Å². The zero-order valence-corrected chi connectivity index (χ0v) is 14.4. The molecule has 132 valence electrons. The van der Waals surface area contributed by atoms with E-state index in [9.17, 15) is 0 Å². The van der Waals surface area contributed by atoms with Crippen LogP contribution in [0.2, 0.25) is 0 Å². The average molecular weight is 348 g/mol. The van der Waals surface area contributed by atoms with Crippen LogP contribution < -0.4 is 20.1 Å². The van der Waals surface area contributed by atoms with Gasteiger partial charge in [-0.2, -0.15) is 0 Å². The van der Waals surface area contributed by atoms with Crippen molar-refractivity contribution in [2.45, 2.75) is 31.7 Å². The number of benzene rings is 2. The summed E-state index contributed by atoms with van der Waals surface area (Å²) in [4.78, 5) is 9.16. The van der Waals surface area contributed by atoms with Crippen molar-refractivity contribution in [2.24, 2.45) is 0 Å². The number of anilines is 3. The quantitative estimate of drug-likeness (QED) is 0.726. The summed E-state index contributed by atoms with van der Waals surface area (Å²) in [6.45, 7) is 0.266. The lowest BCUT2D eigenvalue weighted by Crippen LogP contribution is -2.14. The fourth-order valence-corrected chi connectivity index (χ4v) is 3.63. The fraction of sp³-hybridized carbons (Fsp3) is 0.300. The lowest BCUT2D eigenvalue weighted by Gasteiger charge is -2.15. The Balaban J connectivity index is 1.41. The van der Waals surface area contributed by atoms with Gasteiger partial charge in [0.05, 0.1) is 5.52 Å². The largest absolute Gasteiger partial charge is 0.454 e. The Kier molecular flexibility index (Phi) is 3.74. The van der Waals surface area contributed by atoms with Gasteiger partial charge < -0.3 is 20.1 Å². The number of fused-ring (bicyclic) bond motifs is 2. The highest BCUT2D eigenvalue weighted by atomic mass is 16.7. The first-order chi connectivity index (χ1) is 12.8. The first-order valence-electron chi connectivity index (χ1n) is 9.04. The summed E-state index contributed by atoms with van der Waals surface area (Å²) in [7, 11) is 0. The van der Waals surface area contributed by atoms with Gasteiger partial charge in [0.25, 0.3) is 0 Å². The predicted octanol–water partition coefficient (Wildman–Crippen LogP) is 4.46. The van der Waals surface area contributed by atoms with E-state index in [-0.39, 0.29) is 6.79 Å². The van der Waals surface area contributed by atoms with Crippen molar-refractivity contribution in [3.8, 4) is 11.5 Å². The molecule has 0 unspecified atom stereocenters. The highest BCUT2D eigenvalue weighted by Crippen LogP contribution is 2.35. The van der Waals surface area contributed by atoms with Crippen LogP contribution in [0.1, 0.15) is 25.7 Å². The summed E-state index contributed by atoms with van der Waals surface area (Å²) in [5.41, 5.74) is 2.91. The van der Waals surface area contributed by atoms with Gasteiger partial charge >= 0.3 is 0 Å². The van der Waals surface area contributed by atoms with Gasteiger partial charge in [0, 0.05) is 35.1 Å². The van der Waals surface area contributed by atoms with Crippen molar-refractivity contribution in [3.05, 3.63) is 42.6 Å². The van der Waals surface area contributed by atoms with Crippen LogP contribution in [0, 0.1) is 0 Å². The second-order valence-corrected chi connectivity index (χ2v) is 6.75. The number of hydrogen-bond donors (Lipinski definition) is 2. The number of ether oxygens (including phenoxy) is 2. The topological polar surface area (TPSA) is 68.3 Å². The molecule has 0 bridgehead atoms. The van der Waals surface area contributed by atoms with Crippen molar-refractivity contribution in [1.82, 2.24) is 9.97 Å². The molecule has 1 aliphatic heterocycles. The summed E-state index contributed by atoms with van der Waals surface area (Å²) in [6, 6.07) is 12.4. The van der Waals surface area contributed by atoms with Crippen molar-refractivity contribution < 1.29 is 9.47 Å². The third-order valence-electron chi connectivity index (χ3n) is 4.97. The maximum atomic E-state index is 5.41. The van der Waals surface area contributed by atoms with Crippen LogP contribution in [0.5, 0.6) is 11.5 Å². The predicted molar refractivity (Wildman–Crippen MR) is 101 cm³/mol. The van der Waals surface area contributed by atoms with E-state index in [0.717, 1.165) is 33.8 Å². The third-order valence-corrected chi connectivity index (χ3v) is 4.97. The maximum Gasteiger partial charge on any atom is 0.231 e. The zero-order valence-electron chi connectivity index (χ0n) is 14.4. The average Bonchev–Trinajstić information content (AvgIpc) is 3.33. The van der Waals surface area contributed by atoms with Gasteiger partial charge in [-0.25, -0.2) is 9.97 Å². The van der Waals surface area contributed by atoms with Crippen LogP contribution in [0.15, 0.2) is 42.6 Å². The minimum Gasteiger partial charge on any atom is -0.454 e. The summed E-state index contributed by atoms with van der Waals surface area (Å²) in [6.07, 6.45) is 6.97. The van der Waals surface area contributed by atoms with E-state index in [2.05, 4.69) is 26.7 Å². The van der Waals surface area contributed by atoms with E-state index in [1.165, 1.54) is 25.7 Å². The van der Waals surface area contributed by atoms with Crippen LogP contribution in [0.3, 0.4) is 0 Å². The molecule has 5 rings (SSSR count).